The van der Waals surface area contributed by atoms with Crippen LogP contribution in [0.5, 0.6) is 0 Å². The van der Waals surface area contributed by atoms with E-state index < -0.39 is 23.4 Å². The molecule has 28 heavy (non-hydrogen) atoms. The third kappa shape index (κ3) is 3.49. The Bertz CT molecular complexity index is 1050. The van der Waals surface area contributed by atoms with Crippen molar-refractivity contribution in [3.63, 3.8) is 0 Å². The fourth-order valence-corrected chi connectivity index (χ4v) is 3.75. The second-order valence-corrected chi connectivity index (χ2v) is 7.04. The van der Waals surface area contributed by atoms with Crippen LogP contribution in [-0.4, -0.2) is 15.7 Å². The Kier molecular flexibility index (Phi) is 4.85. The summed E-state index contributed by atoms with van der Waals surface area (Å²) in [5, 5.41) is 7.19. The van der Waals surface area contributed by atoms with E-state index in [1.165, 1.54) is 28.9 Å². The number of nitrogens with one attached hydrogen (secondary N) is 1. The molecule has 2 aromatic carbocycles. The van der Waals surface area contributed by atoms with Gasteiger partial charge in [-0.3, -0.25) is 4.79 Å². The van der Waals surface area contributed by atoms with Crippen molar-refractivity contribution in [2.45, 2.75) is 25.3 Å². The molecule has 4 nitrogen and oxygen atoms in total. The Labute approximate surface area is 163 Å². The SMILES string of the molecule is O=C(NC1CCCc2c1cnn2-c1cc(F)cc(F)c1)c1ccc(F)cc1Cl. The number of aromatic nitrogens is 2. The zero-order valence-corrected chi connectivity index (χ0v) is 15.3. The highest BCUT2D eigenvalue weighted by atomic mass is 35.5. The summed E-state index contributed by atoms with van der Waals surface area (Å²) >= 11 is 5.97. The van der Waals surface area contributed by atoms with Gasteiger partial charge in [-0.1, -0.05) is 11.6 Å². The quantitative estimate of drug-likeness (QED) is 0.683. The topological polar surface area (TPSA) is 46.9 Å². The van der Waals surface area contributed by atoms with E-state index in [1.807, 2.05) is 0 Å². The first-order chi connectivity index (χ1) is 13.4. The summed E-state index contributed by atoms with van der Waals surface area (Å²) in [6.45, 7) is 0. The number of halogens is 4. The Balaban J connectivity index is 1.63. The largest absolute Gasteiger partial charge is 0.345 e. The molecule has 1 atom stereocenters. The Hall–Kier alpha value is -2.80. The minimum absolute atomic E-state index is 0.0273. The van der Waals surface area contributed by atoms with Crippen molar-refractivity contribution in [2.75, 3.05) is 0 Å². The molecule has 1 aliphatic carbocycles. The molecule has 1 aromatic heterocycles. The molecule has 144 valence electrons. The van der Waals surface area contributed by atoms with Gasteiger partial charge >= 0.3 is 0 Å². The fraction of sp³-hybridized carbons (Fsp3) is 0.200. The number of hydrogen-bond donors (Lipinski definition) is 1. The highest BCUT2D eigenvalue weighted by Crippen LogP contribution is 2.32. The van der Waals surface area contributed by atoms with Gasteiger partial charge in [0.1, 0.15) is 17.5 Å². The Morgan fingerprint density at radius 2 is 1.86 bits per heavy atom. The van der Waals surface area contributed by atoms with Gasteiger partial charge in [-0.05, 0) is 49.6 Å². The van der Waals surface area contributed by atoms with E-state index in [2.05, 4.69) is 10.4 Å². The molecule has 4 rings (SSSR count). The predicted octanol–water partition coefficient (Wildman–Crippen LogP) is 4.75. The van der Waals surface area contributed by atoms with Crippen molar-refractivity contribution in [1.82, 2.24) is 15.1 Å². The summed E-state index contributed by atoms with van der Waals surface area (Å²) in [4.78, 5) is 12.6. The van der Waals surface area contributed by atoms with Gasteiger partial charge in [-0.2, -0.15) is 5.10 Å². The van der Waals surface area contributed by atoms with Crippen molar-refractivity contribution < 1.29 is 18.0 Å². The molecule has 0 spiro atoms. The van der Waals surface area contributed by atoms with E-state index >= 15 is 0 Å². The normalized spacial score (nSPS) is 15.9. The van der Waals surface area contributed by atoms with Crippen LogP contribution in [0, 0.1) is 17.5 Å². The molecule has 0 bridgehead atoms. The van der Waals surface area contributed by atoms with Gasteiger partial charge in [0, 0.05) is 17.3 Å². The smallest absolute Gasteiger partial charge is 0.253 e. The zero-order chi connectivity index (χ0) is 19.8. The molecule has 1 N–H and O–H groups in total. The van der Waals surface area contributed by atoms with Gasteiger partial charge in [0.05, 0.1) is 28.5 Å². The number of benzene rings is 2. The van der Waals surface area contributed by atoms with Crippen molar-refractivity contribution in [2.24, 2.45) is 0 Å². The highest BCUT2D eigenvalue weighted by Gasteiger charge is 2.27. The lowest BCUT2D eigenvalue weighted by Crippen LogP contribution is -2.31. The standard InChI is InChI=1S/C20H15ClF3N3O/c21-17-9-11(22)4-5-15(17)20(28)26-18-2-1-3-19-16(18)10-25-27(19)14-7-12(23)6-13(24)8-14/h4-10,18H,1-3H2,(H,26,28). The average molecular weight is 406 g/mol. The summed E-state index contributed by atoms with van der Waals surface area (Å²) < 4.78 is 41.9. The third-order valence-electron chi connectivity index (χ3n) is 4.76. The summed E-state index contributed by atoms with van der Waals surface area (Å²) in [7, 11) is 0. The van der Waals surface area contributed by atoms with Gasteiger partial charge in [0.25, 0.3) is 5.91 Å². The van der Waals surface area contributed by atoms with Gasteiger partial charge in [0.15, 0.2) is 0 Å². The molecule has 0 saturated carbocycles. The van der Waals surface area contributed by atoms with Gasteiger partial charge in [-0.25, -0.2) is 17.9 Å². The highest BCUT2D eigenvalue weighted by molar-refractivity contribution is 6.33. The molecule has 1 heterocycles. The second-order valence-electron chi connectivity index (χ2n) is 6.63. The van der Waals surface area contributed by atoms with Crippen LogP contribution >= 0.6 is 11.6 Å². The fourth-order valence-electron chi connectivity index (χ4n) is 3.50. The monoisotopic (exact) mass is 405 g/mol. The lowest BCUT2D eigenvalue weighted by molar-refractivity contribution is 0.0933. The van der Waals surface area contributed by atoms with Crippen LogP contribution in [0.15, 0.2) is 42.6 Å². The lowest BCUT2D eigenvalue weighted by Gasteiger charge is -2.24. The van der Waals surface area contributed by atoms with Crippen molar-refractivity contribution in [1.29, 1.82) is 0 Å². The molecular formula is C20H15ClF3N3O. The number of nitrogens with zero attached hydrogens (tertiary/aromatic N) is 2. The first kappa shape index (κ1) is 18.6. The molecule has 3 aromatic rings. The first-order valence-electron chi connectivity index (χ1n) is 8.71. The number of hydrogen-bond acceptors (Lipinski definition) is 2. The minimum atomic E-state index is -0.689. The van der Waals surface area contributed by atoms with Crippen molar-refractivity contribution in [3.05, 3.63) is 81.9 Å². The number of amides is 1. The van der Waals surface area contributed by atoms with E-state index in [0.717, 1.165) is 29.8 Å². The molecule has 1 aliphatic rings. The summed E-state index contributed by atoms with van der Waals surface area (Å²) in [6.07, 6.45) is 3.70. The van der Waals surface area contributed by atoms with Crippen molar-refractivity contribution in [3.8, 4) is 5.69 Å². The van der Waals surface area contributed by atoms with E-state index in [-0.39, 0.29) is 22.3 Å². The molecule has 1 amide bonds. The molecule has 8 heteroatoms. The number of carbonyl (C=O) groups is 1. The lowest BCUT2D eigenvalue weighted by atomic mass is 9.92. The second kappa shape index (κ2) is 7.31. The van der Waals surface area contributed by atoms with Gasteiger partial charge < -0.3 is 5.32 Å². The van der Waals surface area contributed by atoms with Crippen LogP contribution in [-0.2, 0) is 6.42 Å². The molecule has 0 aliphatic heterocycles. The maximum absolute atomic E-state index is 13.6. The minimum Gasteiger partial charge on any atom is -0.345 e. The molecule has 0 fully saturated rings. The number of rotatable bonds is 3. The average Bonchev–Trinajstić information content (AvgIpc) is 3.06. The summed E-state index contributed by atoms with van der Waals surface area (Å²) in [5.41, 5.74) is 2.02. The van der Waals surface area contributed by atoms with Gasteiger partial charge in [0.2, 0.25) is 0 Å². The van der Waals surface area contributed by atoms with Crippen molar-refractivity contribution >= 4 is 17.5 Å². The van der Waals surface area contributed by atoms with Crippen LogP contribution in [0.25, 0.3) is 5.69 Å². The van der Waals surface area contributed by atoms with Crippen LogP contribution < -0.4 is 5.32 Å². The molecule has 0 saturated heterocycles. The molecular weight excluding hydrogens is 391 g/mol. The molecule has 0 radical (unpaired) electrons. The molecule has 1 unspecified atom stereocenters. The Morgan fingerprint density at radius 1 is 1.11 bits per heavy atom. The van der Waals surface area contributed by atoms with E-state index in [1.54, 1.807) is 6.20 Å². The zero-order valence-electron chi connectivity index (χ0n) is 14.6. The first-order valence-corrected chi connectivity index (χ1v) is 9.09. The van der Waals surface area contributed by atoms with E-state index in [9.17, 15) is 18.0 Å². The number of carbonyl (C=O) groups excluding carboxylic acids is 1. The summed E-state index contributed by atoms with van der Waals surface area (Å²) in [5.74, 6) is -2.32. The van der Waals surface area contributed by atoms with Crippen LogP contribution in [0.3, 0.4) is 0 Å². The Morgan fingerprint density at radius 3 is 2.57 bits per heavy atom. The van der Waals surface area contributed by atoms with E-state index in [0.29, 0.717) is 12.8 Å². The van der Waals surface area contributed by atoms with Crippen LogP contribution in [0.1, 0.15) is 40.5 Å². The summed E-state index contributed by atoms with van der Waals surface area (Å²) in [6, 6.07) is 6.46. The predicted molar refractivity (Wildman–Crippen MR) is 98.0 cm³/mol. The maximum Gasteiger partial charge on any atom is 0.253 e. The van der Waals surface area contributed by atoms with Gasteiger partial charge in [-0.15, -0.1) is 0 Å². The number of fused-ring (bicyclic) bond motifs is 1. The van der Waals surface area contributed by atoms with Crippen LogP contribution in [0.4, 0.5) is 13.2 Å². The van der Waals surface area contributed by atoms with Crippen LogP contribution in [0.2, 0.25) is 5.02 Å². The maximum atomic E-state index is 13.6. The third-order valence-corrected chi connectivity index (χ3v) is 5.07. The van der Waals surface area contributed by atoms with E-state index in [4.69, 9.17) is 11.6 Å².